The summed E-state index contributed by atoms with van der Waals surface area (Å²) in [7, 11) is 0. The number of benzene rings is 2. The molecule has 0 fully saturated rings. The second-order valence-electron chi connectivity index (χ2n) is 6.43. The molecule has 0 N–H and O–H groups in total. The standard InChI is InChI=1S/C19H11Cl4N3O2S/c20-10-4-11(21)6-12(5-10)26-14(17-18(22)24-19(23)29-17)7-13(25-26)9-1-2-15-16(3-9)28-8-27-15/h1-6,14H,7-8H2. The lowest BCUT2D eigenvalue weighted by Gasteiger charge is -2.23. The Bertz CT molecular complexity index is 1130. The Hall–Kier alpha value is -1.70. The van der Waals surface area contributed by atoms with E-state index in [0.29, 0.717) is 31.8 Å². The lowest BCUT2D eigenvalue weighted by atomic mass is 10.0. The maximum Gasteiger partial charge on any atom is 0.231 e. The third-order valence-corrected chi connectivity index (χ3v) is 6.71. The van der Waals surface area contributed by atoms with Gasteiger partial charge in [0.25, 0.3) is 0 Å². The SMILES string of the molecule is Clc1cc(Cl)cc(N2N=C(c3ccc4c(c3)OCO4)CC2c2sc(Cl)nc2Cl)c1. The number of hydrogen-bond donors (Lipinski definition) is 0. The Balaban J connectivity index is 1.59. The molecule has 2 aliphatic heterocycles. The predicted molar refractivity (Wildman–Crippen MR) is 118 cm³/mol. The minimum Gasteiger partial charge on any atom is -0.454 e. The number of nitrogens with zero attached hydrogens (tertiary/aromatic N) is 3. The van der Waals surface area contributed by atoms with Crippen LogP contribution in [0.25, 0.3) is 0 Å². The molecular weight excluding hydrogens is 476 g/mol. The number of thiazole rings is 1. The van der Waals surface area contributed by atoms with Gasteiger partial charge in [-0.25, -0.2) is 4.98 Å². The maximum absolute atomic E-state index is 6.36. The van der Waals surface area contributed by atoms with Gasteiger partial charge in [-0.05, 0) is 36.4 Å². The molecule has 3 heterocycles. The summed E-state index contributed by atoms with van der Waals surface area (Å²) in [6.45, 7) is 0.218. The summed E-state index contributed by atoms with van der Waals surface area (Å²) in [6.07, 6.45) is 0.599. The van der Waals surface area contributed by atoms with Crippen LogP contribution in [0.4, 0.5) is 5.69 Å². The van der Waals surface area contributed by atoms with Crippen molar-refractivity contribution in [3.8, 4) is 11.5 Å². The van der Waals surface area contributed by atoms with E-state index in [4.69, 9.17) is 61.0 Å². The van der Waals surface area contributed by atoms with Gasteiger partial charge in [0, 0.05) is 22.0 Å². The van der Waals surface area contributed by atoms with E-state index in [2.05, 4.69) is 4.98 Å². The van der Waals surface area contributed by atoms with Crippen molar-refractivity contribution < 1.29 is 9.47 Å². The van der Waals surface area contributed by atoms with Crippen LogP contribution in [0.1, 0.15) is 22.9 Å². The van der Waals surface area contributed by atoms with Crippen molar-refractivity contribution in [1.29, 1.82) is 0 Å². The van der Waals surface area contributed by atoms with E-state index >= 15 is 0 Å². The third-order valence-electron chi connectivity index (χ3n) is 4.61. The fraction of sp³-hybridized carbons (Fsp3) is 0.158. The van der Waals surface area contributed by atoms with E-state index in [0.717, 1.165) is 27.6 Å². The molecule has 0 saturated heterocycles. The van der Waals surface area contributed by atoms with E-state index in [1.807, 2.05) is 35.3 Å². The Labute approximate surface area is 190 Å². The zero-order chi connectivity index (χ0) is 20.1. The summed E-state index contributed by atoms with van der Waals surface area (Å²) >= 11 is 26.2. The van der Waals surface area contributed by atoms with Crippen molar-refractivity contribution in [1.82, 2.24) is 4.98 Å². The first-order chi connectivity index (χ1) is 14.0. The summed E-state index contributed by atoms with van der Waals surface area (Å²) < 4.78 is 11.3. The average molecular weight is 487 g/mol. The summed E-state index contributed by atoms with van der Waals surface area (Å²) in [5.41, 5.74) is 2.55. The molecule has 10 heteroatoms. The molecule has 1 atom stereocenters. The largest absolute Gasteiger partial charge is 0.454 e. The third kappa shape index (κ3) is 3.64. The van der Waals surface area contributed by atoms with Crippen LogP contribution in [0.15, 0.2) is 41.5 Å². The Morgan fingerprint density at radius 1 is 0.966 bits per heavy atom. The quantitative estimate of drug-likeness (QED) is 0.406. The van der Waals surface area contributed by atoms with Crippen molar-refractivity contribution in [2.75, 3.05) is 11.8 Å². The highest BCUT2D eigenvalue weighted by atomic mass is 35.5. The molecule has 1 unspecified atom stereocenters. The normalized spacial score (nSPS) is 17.7. The number of hydrogen-bond acceptors (Lipinski definition) is 6. The molecule has 0 spiro atoms. The average Bonchev–Trinajstić information content (AvgIpc) is 3.38. The number of hydrazone groups is 1. The molecule has 1 aromatic heterocycles. The van der Waals surface area contributed by atoms with Gasteiger partial charge >= 0.3 is 0 Å². The first-order valence-corrected chi connectivity index (χ1v) is 10.9. The van der Waals surface area contributed by atoms with Crippen LogP contribution < -0.4 is 14.5 Å². The molecule has 0 bridgehead atoms. The molecule has 0 amide bonds. The molecule has 5 nitrogen and oxygen atoms in total. The lowest BCUT2D eigenvalue weighted by Crippen LogP contribution is -2.18. The summed E-state index contributed by atoms with van der Waals surface area (Å²) in [4.78, 5) is 4.97. The van der Waals surface area contributed by atoms with Gasteiger partial charge in [0.15, 0.2) is 16.0 Å². The molecule has 29 heavy (non-hydrogen) atoms. The van der Waals surface area contributed by atoms with Crippen LogP contribution in [-0.4, -0.2) is 17.5 Å². The number of fused-ring (bicyclic) bond motifs is 1. The highest BCUT2D eigenvalue weighted by Crippen LogP contribution is 2.44. The van der Waals surface area contributed by atoms with E-state index < -0.39 is 0 Å². The van der Waals surface area contributed by atoms with E-state index in [1.165, 1.54) is 11.3 Å². The zero-order valence-corrected chi connectivity index (χ0v) is 18.4. The van der Waals surface area contributed by atoms with E-state index in [9.17, 15) is 0 Å². The van der Waals surface area contributed by atoms with Crippen LogP contribution in [0, 0.1) is 0 Å². The second-order valence-corrected chi connectivity index (χ2v) is 9.27. The van der Waals surface area contributed by atoms with Crippen LogP contribution in [0.2, 0.25) is 19.7 Å². The van der Waals surface area contributed by atoms with E-state index in [-0.39, 0.29) is 12.8 Å². The molecule has 0 saturated carbocycles. The fourth-order valence-corrected chi connectivity index (χ4v) is 5.40. The van der Waals surface area contributed by atoms with Gasteiger partial charge in [0.05, 0.1) is 22.3 Å². The second kappa shape index (κ2) is 7.52. The molecule has 0 aliphatic carbocycles. The smallest absolute Gasteiger partial charge is 0.231 e. The number of ether oxygens (including phenoxy) is 2. The minimum atomic E-state index is -0.192. The molecular formula is C19H11Cl4N3O2S. The number of aromatic nitrogens is 1. The molecule has 0 radical (unpaired) electrons. The highest BCUT2D eigenvalue weighted by Gasteiger charge is 2.34. The Morgan fingerprint density at radius 2 is 1.72 bits per heavy atom. The van der Waals surface area contributed by atoms with E-state index in [1.54, 1.807) is 6.07 Å². The van der Waals surface area contributed by atoms with Gasteiger partial charge in [-0.1, -0.05) is 46.4 Å². The van der Waals surface area contributed by atoms with Crippen LogP contribution in [0.5, 0.6) is 11.5 Å². The van der Waals surface area contributed by atoms with Crippen LogP contribution >= 0.6 is 57.7 Å². The van der Waals surface area contributed by atoms with Gasteiger partial charge in [-0.2, -0.15) is 5.10 Å². The van der Waals surface area contributed by atoms with Crippen molar-refractivity contribution in [2.24, 2.45) is 5.10 Å². The molecule has 2 aliphatic rings. The van der Waals surface area contributed by atoms with Gasteiger partial charge < -0.3 is 9.47 Å². The molecule has 148 valence electrons. The Morgan fingerprint density at radius 3 is 2.45 bits per heavy atom. The fourth-order valence-electron chi connectivity index (χ4n) is 3.37. The molecule has 2 aromatic carbocycles. The topological polar surface area (TPSA) is 47.0 Å². The number of halogens is 4. The van der Waals surface area contributed by atoms with Gasteiger partial charge in [-0.3, -0.25) is 5.01 Å². The van der Waals surface area contributed by atoms with Crippen molar-refractivity contribution in [3.63, 3.8) is 0 Å². The minimum absolute atomic E-state index is 0.192. The van der Waals surface area contributed by atoms with Crippen molar-refractivity contribution >= 4 is 69.1 Å². The van der Waals surface area contributed by atoms with Crippen LogP contribution in [-0.2, 0) is 0 Å². The maximum atomic E-state index is 6.36. The zero-order valence-electron chi connectivity index (χ0n) is 14.5. The molecule has 5 rings (SSSR count). The predicted octanol–water partition coefficient (Wildman–Crippen LogP) is 6.84. The number of rotatable bonds is 3. The van der Waals surface area contributed by atoms with Gasteiger partial charge in [0.1, 0.15) is 5.15 Å². The van der Waals surface area contributed by atoms with Crippen molar-refractivity contribution in [3.05, 3.63) is 66.5 Å². The molecule has 3 aromatic rings. The summed E-state index contributed by atoms with van der Waals surface area (Å²) in [5.74, 6) is 1.42. The van der Waals surface area contributed by atoms with Gasteiger partial charge in [0.2, 0.25) is 6.79 Å². The first kappa shape index (κ1) is 19.3. The Kier molecular flexibility index (Phi) is 5.00. The number of anilines is 1. The first-order valence-electron chi connectivity index (χ1n) is 8.52. The lowest BCUT2D eigenvalue weighted by molar-refractivity contribution is 0.174. The summed E-state index contributed by atoms with van der Waals surface area (Å²) in [5, 5.41) is 8.12. The summed E-state index contributed by atoms with van der Waals surface area (Å²) in [6, 6.07) is 10.9. The highest BCUT2D eigenvalue weighted by molar-refractivity contribution is 7.16. The van der Waals surface area contributed by atoms with Crippen LogP contribution in [0.3, 0.4) is 0 Å². The van der Waals surface area contributed by atoms with Gasteiger partial charge in [-0.15, -0.1) is 11.3 Å². The monoisotopic (exact) mass is 485 g/mol. The van der Waals surface area contributed by atoms with Crippen molar-refractivity contribution in [2.45, 2.75) is 12.5 Å².